The predicted octanol–water partition coefficient (Wildman–Crippen LogP) is 3.00. The van der Waals surface area contributed by atoms with Crippen molar-refractivity contribution in [2.75, 3.05) is 6.61 Å². The van der Waals surface area contributed by atoms with Crippen molar-refractivity contribution < 1.29 is 9.13 Å². The van der Waals surface area contributed by atoms with Crippen LogP contribution in [-0.4, -0.2) is 12.3 Å². The van der Waals surface area contributed by atoms with Crippen molar-refractivity contribution in [3.8, 4) is 5.75 Å². The van der Waals surface area contributed by atoms with Gasteiger partial charge in [-0.05, 0) is 43.9 Å². The molecule has 1 fully saturated rings. The molecule has 1 aliphatic rings. The second-order valence-corrected chi connectivity index (χ2v) is 4.02. The van der Waals surface area contributed by atoms with Crippen LogP contribution >= 0.6 is 0 Å². The van der Waals surface area contributed by atoms with Gasteiger partial charge in [0, 0.05) is 11.3 Å². The van der Waals surface area contributed by atoms with Gasteiger partial charge in [-0.2, -0.15) is 0 Å². The van der Waals surface area contributed by atoms with Gasteiger partial charge >= 0.3 is 0 Å². The first-order chi connectivity index (χ1) is 7.16. The van der Waals surface area contributed by atoms with Crippen LogP contribution in [0.15, 0.2) is 18.2 Å². The Morgan fingerprint density at radius 3 is 2.87 bits per heavy atom. The monoisotopic (exact) mass is 207 g/mol. The summed E-state index contributed by atoms with van der Waals surface area (Å²) in [6, 6.07) is 4.57. The van der Waals surface area contributed by atoms with E-state index < -0.39 is 0 Å². The number of rotatable bonds is 4. The van der Waals surface area contributed by atoms with Gasteiger partial charge in [-0.3, -0.25) is 0 Å². The summed E-state index contributed by atoms with van der Waals surface area (Å²) < 4.78 is 18.7. The van der Waals surface area contributed by atoms with Crippen molar-refractivity contribution in [3.63, 3.8) is 0 Å². The minimum absolute atomic E-state index is 0.226. The smallest absolute Gasteiger partial charge is 0.132 e. The van der Waals surface area contributed by atoms with E-state index in [1.54, 1.807) is 19.1 Å². The van der Waals surface area contributed by atoms with E-state index in [0.29, 0.717) is 23.8 Å². The van der Waals surface area contributed by atoms with E-state index in [2.05, 4.69) is 0 Å². The van der Waals surface area contributed by atoms with Gasteiger partial charge < -0.3 is 10.1 Å². The van der Waals surface area contributed by atoms with Crippen LogP contribution in [0.4, 0.5) is 4.39 Å². The van der Waals surface area contributed by atoms with Crippen LogP contribution in [0.2, 0.25) is 0 Å². The fourth-order valence-corrected chi connectivity index (χ4v) is 1.38. The molecule has 0 amide bonds. The van der Waals surface area contributed by atoms with E-state index in [1.165, 1.54) is 18.9 Å². The van der Waals surface area contributed by atoms with Gasteiger partial charge in [0.15, 0.2) is 0 Å². The molecule has 1 aromatic rings. The Morgan fingerprint density at radius 2 is 2.27 bits per heavy atom. The van der Waals surface area contributed by atoms with E-state index in [9.17, 15) is 4.39 Å². The second-order valence-electron chi connectivity index (χ2n) is 4.02. The summed E-state index contributed by atoms with van der Waals surface area (Å²) in [6.45, 7) is 2.28. The predicted molar refractivity (Wildman–Crippen MR) is 57.1 cm³/mol. The Balaban J connectivity index is 2.10. The maximum Gasteiger partial charge on any atom is 0.132 e. The number of halogens is 1. The molecule has 1 saturated carbocycles. The Bertz CT molecular complexity index is 385. The van der Waals surface area contributed by atoms with Crippen molar-refractivity contribution >= 4 is 5.71 Å². The number of benzene rings is 1. The van der Waals surface area contributed by atoms with E-state index >= 15 is 0 Å². The molecule has 1 aliphatic carbocycles. The van der Waals surface area contributed by atoms with Crippen LogP contribution in [0.5, 0.6) is 5.75 Å². The molecular formula is C12H14FNO. The first-order valence-corrected chi connectivity index (χ1v) is 5.14. The quantitative estimate of drug-likeness (QED) is 0.756. The summed E-state index contributed by atoms with van der Waals surface area (Å²) in [5, 5.41) is 7.41. The topological polar surface area (TPSA) is 33.1 Å². The summed E-state index contributed by atoms with van der Waals surface area (Å²) in [7, 11) is 0. The van der Waals surface area contributed by atoms with E-state index in [-0.39, 0.29) is 11.5 Å². The van der Waals surface area contributed by atoms with Crippen molar-refractivity contribution in [1.29, 1.82) is 5.41 Å². The summed E-state index contributed by atoms with van der Waals surface area (Å²) in [4.78, 5) is 0. The maximum absolute atomic E-state index is 13.2. The standard InChI is InChI=1S/C12H14FNO/c1-8(14)11-6-10(4-5-12(11)13)15-7-9-2-3-9/h4-6,9,14H,2-3,7H2,1H3. The largest absolute Gasteiger partial charge is 0.493 e. The molecule has 0 unspecified atom stereocenters. The minimum atomic E-state index is -0.360. The highest BCUT2D eigenvalue weighted by molar-refractivity contribution is 5.96. The van der Waals surface area contributed by atoms with Crippen LogP contribution in [0.25, 0.3) is 0 Å². The fraction of sp³-hybridized carbons (Fsp3) is 0.417. The Hall–Kier alpha value is -1.38. The van der Waals surface area contributed by atoms with Crippen LogP contribution in [-0.2, 0) is 0 Å². The Kier molecular flexibility index (Phi) is 2.71. The molecule has 0 radical (unpaired) electrons. The zero-order valence-electron chi connectivity index (χ0n) is 8.72. The first kappa shape index (κ1) is 10.1. The van der Waals surface area contributed by atoms with Crippen LogP contribution in [0.1, 0.15) is 25.3 Å². The third-order valence-corrected chi connectivity index (χ3v) is 2.52. The molecule has 1 aromatic carbocycles. The van der Waals surface area contributed by atoms with Gasteiger partial charge in [-0.25, -0.2) is 4.39 Å². The van der Waals surface area contributed by atoms with Gasteiger partial charge in [0.25, 0.3) is 0 Å². The average molecular weight is 207 g/mol. The molecular weight excluding hydrogens is 193 g/mol. The fourth-order valence-electron chi connectivity index (χ4n) is 1.38. The zero-order chi connectivity index (χ0) is 10.8. The third kappa shape index (κ3) is 2.55. The van der Waals surface area contributed by atoms with Crippen molar-refractivity contribution in [2.24, 2.45) is 5.92 Å². The van der Waals surface area contributed by atoms with Gasteiger partial charge in [-0.1, -0.05) is 0 Å². The summed E-state index contributed by atoms with van der Waals surface area (Å²) in [5.41, 5.74) is 0.549. The lowest BCUT2D eigenvalue weighted by molar-refractivity contribution is 0.299. The van der Waals surface area contributed by atoms with Gasteiger partial charge in [-0.15, -0.1) is 0 Å². The lowest BCUT2D eigenvalue weighted by atomic mass is 10.1. The molecule has 0 spiro atoms. The van der Waals surface area contributed by atoms with Crippen molar-refractivity contribution in [3.05, 3.63) is 29.6 Å². The highest BCUT2D eigenvalue weighted by atomic mass is 19.1. The molecule has 0 atom stereocenters. The second kappa shape index (κ2) is 4.01. The maximum atomic E-state index is 13.2. The van der Waals surface area contributed by atoms with E-state index in [1.807, 2.05) is 0 Å². The summed E-state index contributed by atoms with van der Waals surface area (Å²) in [6.07, 6.45) is 2.47. The first-order valence-electron chi connectivity index (χ1n) is 5.14. The van der Waals surface area contributed by atoms with Crippen LogP contribution < -0.4 is 4.74 Å². The van der Waals surface area contributed by atoms with Gasteiger partial charge in [0.05, 0.1) is 6.61 Å². The molecule has 0 heterocycles. The van der Waals surface area contributed by atoms with Crippen molar-refractivity contribution in [2.45, 2.75) is 19.8 Å². The minimum Gasteiger partial charge on any atom is -0.493 e. The lowest BCUT2D eigenvalue weighted by Crippen LogP contribution is -2.02. The molecule has 15 heavy (non-hydrogen) atoms. The molecule has 80 valence electrons. The van der Waals surface area contributed by atoms with Crippen molar-refractivity contribution in [1.82, 2.24) is 0 Å². The Morgan fingerprint density at radius 1 is 1.53 bits per heavy atom. The SMILES string of the molecule is CC(=N)c1cc(OCC2CC2)ccc1F. The normalized spacial score (nSPS) is 15.1. The molecule has 2 nitrogen and oxygen atoms in total. The zero-order valence-corrected chi connectivity index (χ0v) is 8.72. The molecule has 0 aliphatic heterocycles. The van der Waals surface area contributed by atoms with Gasteiger partial charge in [0.1, 0.15) is 11.6 Å². The number of hydrogen-bond donors (Lipinski definition) is 1. The number of ether oxygens (including phenoxy) is 1. The van der Waals surface area contributed by atoms with Gasteiger partial charge in [0.2, 0.25) is 0 Å². The highest BCUT2D eigenvalue weighted by Gasteiger charge is 2.22. The van der Waals surface area contributed by atoms with E-state index in [0.717, 1.165) is 0 Å². The summed E-state index contributed by atoms with van der Waals surface area (Å²) in [5.74, 6) is 0.978. The van der Waals surface area contributed by atoms with E-state index in [4.69, 9.17) is 10.1 Å². The molecule has 0 saturated heterocycles. The third-order valence-electron chi connectivity index (χ3n) is 2.52. The lowest BCUT2D eigenvalue weighted by Gasteiger charge is -2.07. The Labute approximate surface area is 88.6 Å². The average Bonchev–Trinajstić information content (AvgIpc) is 3.00. The summed E-state index contributed by atoms with van der Waals surface area (Å²) >= 11 is 0. The highest BCUT2D eigenvalue weighted by Crippen LogP contribution is 2.29. The number of hydrogen-bond acceptors (Lipinski definition) is 2. The number of nitrogens with one attached hydrogen (secondary N) is 1. The van der Waals surface area contributed by atoms with Crippen LogP contribution in [0, 0.1) is 17.1 Å². The van der Waals surface area contributed by atoms with Crippen LogP contribution in [0.3, 0.4) is 0 Å². The molecule has 0 aromatic heterocycles. The molecule has 3 heteroatoms. The molecule has 1 N–H and O–H groups in total. The molecule has 2 rings (SSSR count). The molecule has 0 bridgehead atoms.